The van der Waals surface area contributed by atoms with Crippen molar-refractivity contribution in [1.29, 1.82) is 0 Å². The van der Waals surface area contributed by atoms with Gasteiger partial charge in [0.1, 0.15) is 26.3 Å². The molecule has 2 aromatic rings. The number of carbonyl (C=O) groups excluding carboxylic acids is 6. The number of alkyl halides is 12. The third-order valence-corrected chi connectivity index (χ3v) is 9.79. The molecule has 1 aliphatic rings. The fraction of sp³-hybridized carbons (Fsp3) is 0.522. The van der Waals surface area contributed by atoms with Crippen molar-refractivity contribution in [2.24, 2.45) is 22.9 Å². The Morgan fingerprint density at radius 3 is 1.01 bits per heavy atom. The summed E-state index contributed by atoms with van der Waals surface area (Å²) in [4.78, 5) is 111. The molecule has 2 atom stereocenters. The summed E-state index contributed by atoms with van der Waals surface area (Å²) in [5.74, 6) is -13.6. The van der Waals surface area contributed by atoms with Gasteiger partial charge in [0.2, 0.25) is 11.8 Å². The molecule has 1 aliphatic carbocycles. The topological polar surface area (TPSA) is 446 Å². The van der Waals surface area contributed by atoms with E-state index in [4.69, 9.17) is 72.0 Å². The number of hydrogen-bond donors (Lipinski definition) is 14. The summed E-state index contributed by atoms with van der Waals surface area (Å²) in [5.41, 5.74) is 24.8. The zero-order valence-corrected chi connectivity index (χ0v) is 43.9. The number of benzene rings is 2. The highest BCUT2D eigenvalue weighted by Gasteiger charge is 2.40. The first-order chi connectivity index (χ1) is 38.9. The molecular formula is C46H62F12N10O16. The van der Waals surface area contributed by atoms with E-state index in [0.29, 0.717) is 87.7 Å². The quantitative estimate of drug-likeness (QED) is 0.0276. The van der Waals surface area contributed by atoms with Gasteiger partial charge in [-0.05, 0) is 50.9 Å². The second-order valence-electron chi connectivity index (χ2n) is 16.3. The van der Waals surface area contributed by atoms with Crippen LogP contribution in [0.15, 0.2) is 36.4 Å². The summed E-state index contributed by atoms with van der Waals surface area (Å²) in [6.07, 6.45) is -16.4. The third-order valence-electron chi connectivity index (χ3n) is 9.79. The predicted octanol–water partition coefficient (Wildman–Crippen LogP) is 1.23. The van der Waals surface area contributed by atoms with Gasteiger partial charge in [0, 0.05) is 61.8 Å². The first-order valence-electron chi connectivity index (χ1n) is 24.1. The number of nitrogens with one attached hydrogen (secondary N) is 6. The van der Waals surface area contributed by atoms with Crippen molar-refractivity contribution in [1.82, 2.24) is 21.3 Å². The molecule has 2 amide bonds. The molecule has 84 heavy (non-hydrogen) atoms. The number of unbranched alkanes of at least 4 members (excludes halogenated alkanes) is 2. The maximum Gasteiger partial charge on any atom is 0.490 e. The SMILES string of the molecule is NCCCCC(N)C(=O)NCC(=O)OCCNCCNc1ccc(NCCNCCOC(=O)CNC(=O)C(N)CCCCN)c2c1C(=O)c1ccccc1C2=O.O=C(O)C(F)(F)F.O=C(O)C(F)(F)F.O=C(O)C(F)(F)F.O=C(O)C(F)(F)F. The Morgan fingerprint density at radius 1 is 0.464 bits per heavy atom. The van der Waals surface area contributed by atoms with Crippen LogP contribution in [0.4, 0.5) is 64.1 Å². The number of hydrogen-bond acceptors (Lipinski definition) is 20. The molecule has 0 bridgehead atoms. The van der Waals surface area contributed by atoms with E-state index in [2.05, 4.69) is 31.9 Å². The minimum atomic E-state index is -5.08. The lowest BCUT2D eigenvalue weighted by atomic mass is 9.82. The number of ketones is 2. The Hall–Kier alpha value is -7.94. The van der Waals surface area contributed by atoms with Crippen molar-refractivity contribution in [2.75, 3.05) is 89.3 Å². The number of aliphatic carboxylic acids is 4. The number of halogens is 12. The molecule has 26 nitrogen and oxygen atoms in total. The Labute approximate surface area is 468 Å². The minimum Gasteiger partial charge on any atom is -0.475 e. The van der Waals surface area contributed by atoms with Gasteiger partial charge in [-0.1, -0.05) is 37.1 Å². The lowest BCUT2D eigenvalue weighted by molar-refractivity contribution is -0.193. The molecule has 2 unspecified atom stereocenters. The number of fused-ring (bicyclic) bond motifs is 2. The lowest BCUT2D eigenvalue weighted by Gasteiger charge is -2.24. The van der Waals surface area contributed by atoms with Crippen LogP contribution in [0.25, 0.3) is 0 Å². The van der Waals surface area contributed by atoms with Crippen LogP contribution in [-0.2, 0) is 47.8 Å². The second-order valence-corrected chi connectivity index (χ2v) is 16.3. The van der Waals surface area contributed by atoms with Crippen molar-refractivity contribution in [3.05, 3.63) is 58.7 Å². The van der Waals surface area contributed by atoms with Gasteiger partial charge in [-0.15, -0.1) is 0 Å². The first kappa shape index (κ1) is 78.1. The maximum absolute atomic E-state index is 13.7. The van der Waals surface area contributed by atoms with Crippen molar-refractivity contribution in [3.63, 3.8) is 0 Å². The standard InChI is InChI=1S/C38H58N10O8.4C2HF3O2/c39-13-5-3-9-27(41)37(53)47-23-31(49)55-21-19-43-15-17-45-29-11-12-30(34-33(29)35(51)25-7-1-2-8-26(25)36(34)52)46-18-16-44-20-22-56-32(50)24-48-38(54)28(42)10-4-6-14-40;4*3-2(4,5)1(6)7/h1-2,7-8,11-12,27-28,43-46H,3-6,9-10,13-24,39-42H2,(H,47,53)(H,48,54);4*(H,6,7). The van der Waals surface area contributed by atoms with Crippen LogP contribution in [0.3, 0.4) is 0 Å². The van der Waals surface area contributed by atoms with Crippen molar-refractivity contribution < 1.29 is 131 Å². The van der Waals surface area contributed by atoms with E-state index in [0.717, 1.165) is 25.7 Å². The van der Waals surface area contributed by atoms with Crippen molar-refractivity contribution in [3.8, 4) is 0 Å². The van der Waals surface area contributed by atoms with E-state index in [1.807, 2.05) is 0 Å². The fourth-order valence-corrected chi connectivity index (χ4v) is 5.77. The lowest BCUT2D eigenvalue weighted by Crippen LogP contribution is -2.43. The van der Waals surface area contributed by atoms with Crippen LogP contribution >= 0.6 is 0 Å². The van der Waals surface area contributed by atoms with Gasteiger partial charge in [-0.2, -0.15) is 52.7 Å². The summed E-state index contributed by atoms with van der Waals surface area (Å²) < 4.78 is 137. The number of anilines is 2. The van der Waals surface area contributed by atoms with Crippen LogP contribution < -0.4 is 54.8 Å². The monoisotopic (exact) mass is 1240 g/mol. The van der Waals surface area contributed by atoms with Crippen molar-refractivity contribution >= 4 is 70.6 Å². The van der Waals surface area contributed by atoms with E-state index >= 15 is 0 Å². The summed E-state index contributed by atoms with van der Waals surface area (Å²) in [6.45, 7) is 3.09. The van der Waals surface area contributed by atoms with Gasteiger partial charge >= 0.3 is 60.5 Å². The largest absolute Gasteiger partial charge is 0.490 e. The normalized spacial score (nSPS) is 12.3. The molecule has 0 saturated heterocycles. The number of carboxylic acid groups (broad SMARTS) is 4. The number of carboxylic acids is 4. The summed E-state index contributed by atoms with van der Waals surface area (Å²) in [7, 11) is 0. The highest BCUT2D eigenvalue weighted by atomic mass is 19.4. The first-order valence-corrected chi connectivity index (χ1v) is 24.1. The number of carbonyl (C=O) groups is 10. The molecule has 0 fully saturated rings. The maximum atomic E-state index is 13.7. The van der Waals surface area contributed by atoms with Gasteiger partial charge in [0.05, 0.1) is 23.2 Å². The molecule has 0 aliphatic heterocycles. The van der Waals surface area contributed by atoms with Gasteiger partial charge in [-0.3, -0.25) is 28.8 Å². The number of amides is 2. The Kier molecular flexibility index (Phi) is 36.8. The van der Waals surface area contributed by atoms with E-state index in [1.54, 1.807) is 36.4 Å². The number of esters is 2. The molecule has 0 heterocycles. The average molecular weight is 1240 g/mol. The zero-order chi connectivity index (χ0) is 65.0. The highest BCUT2D eigenvalue weighted by Crippen LogP contribution is 2.36. The number of ether oxygens (including phenoxy) is 2. The van der Waals surface area contributed by atoms with Crippen LogP contribution in [0, 0.1) is 0 Å². The van der Waals surface area contributed by atoms with E-state index in [-0.39, 0.29) is 49.0 Å². The molecule has 0 spiro atoms. The predicted molar refractivity (Wildman–Crippen MR) is 267 cm³/mol. The molecule has 0 saturated carbocycles. The minimum absolute atomic E-state index is 0.0859. The van der Waals surface area contributed by atoms with Crippen molar-refractivity contribution in [2.45, 2.75) is 75.3 Å². The van der Waals surface area contributed by atoms with Gasteiger partial charge in [0.25, 0.3) is 0 Å². The van der Waals surface area contributed by atoms with E-state index in [9.17, 15) is 81.5 Å². The van der Waals surface area contributed by atoms with E-state index < -0.39 is 84.4 Å². The van der Waals surface area contributed by atoms with Crippen LogP contribution in [0.1, 0.15) is 70.4 Å². The van der Waals surface area contributed by atoms with E-state index in [1.165, 1.54) is 0 Å². The molecule has 3 rings (SSSR count). The number of rotatable bonds is 28. The Bertz CT molecular complexity index is 2260. The third kappa shape index (κ3) is 33.9. The molecule has 0 radical (unpaired) electrons. The zero-order valence-electron chi connectivity index (χ0n) is 43.9. The molecular weight excluding hydrogens is 1180 g/mol. The summed E-state index contributed by atoms with van der Waals surface area (Å²) >= 11 is 0. The Balaban J connectivity index is 0. The fourth-order valence-electron chi connectivity index (χ4n) is 5.77. The summed E-state index contributed by atoms with van der Waals surface area (Å²) in [5, 5.41) is 46.2. The van der Waals surface area contributed by atoms with Crippen LogP contribution in [-0.4, -0.2) is 195 Å². The molecule has 0 aromatic heterocycles. The van der Waals surface area contributed by atoms with Crippen LogP contribution in [0.5, 0.6) is 0 Å². The molecule has 18 N–H and O–H groups in total. The molecule has 2 aromatic carbocycles. The molecule has 476 valence electrons. The highest BCUT2D eigenvalue weighted by molar-refractivity contribution is 6.32. The molecule has 38 heteroatoms. The van der Waals surface area contributed by atoms with Gasteiger partial charge in [0.15, 0.2) is 11.6 Å². The second kappa shape index (κ2) is 39.5. The smallest absolute Gasteiger partial charge is 0.475 e. The van der Waals surface area contributed by atoms with Crippen LogP contribution in [0.2, 0.25) is 0 Å². The summed E-state index contributed by atoms with van der Waals surface area (Å²) in [6, 6.07) is 8.80. The van der Waals surface area contributed by atoms with Gasteiger partial charge in [-0.25, -0.2) is 19.2 Å². The van der Waals surface area contributed by atoms with Gasteiger partial charge < -0.3 is 84.7 Å². The Morgan fingerprint density at radius 2 is 0.750 bits per heavy atom. The number of nitrogens with two attached hydrogens (primary N) is 4. The average Bonchev–Trinajstić information content (AvgIpc) is 1.43.